The van der Waals surface area contributed by atoms with Gasteiger partial charge in [0.05, 0.1) is 4.92 Å². The van der Waals surface area contributed by atoms with Crippen LogP contribution in [0.15, 0.2) is 24.5 Å². The van der Waals surface area contributed by atoms with Gasteiger partial charge in [0.1, 0.15) is 12.4 Å². The third kappa shape index (κ3) is 1.79. The van der Waals surface area contributed by atoms with Crippen LogP contribution in [-0.4, -0.2) is 24.9 Å². The Morgan fingerprint density at radius 2 is 2.25 bits per heavy atom. The summed E-state index contributed by atoms with van der Waals surface area (Å²) < 4.78 is 1.26. The number of nitrogens with zero attached hydrogens (tertiary/aromatic N) is 5. The summed E-state index contributed by atoms with van der Waals surface area (Å²) in [5.74, 6) is 5.88. The topological polar surface area (TPSA) is 125 Å². The summed E-state index contributed by atoms with van der Waals surface area (Å²) in [6.45, 7) is 0. The van der Waals surface area contributed by atoms with E-state index in [0.717, 1.165) is 6.20 Å². The van der Waals surface area contributed by atoms with Crippen molar-refractivity contribution in [2.45, 2.75) is 0 Å². The van der Waals surface area contributed by atoms with Crippen LogP contribution < -0.4 is 11.3 Å². The van der Waals surface area contributed by atoms with Gasteiger partial charge >= 0.3 is 5.69 Å². The van der Waals surface area contributed by atoms with Gasteiger partial charge in [-0.05, 0) is 12.1 Å². The number of rotatable bonds is 3. The first kappa shape index (κ1) is 9.98. The van der Waals surface area contributed by atoms with Gasteiger partial charge in [-0.25, -0.2) is 10.5 Å². The van der Waals surface area contributed by atoms with Gasteiger partial charge in [-0.15, -0.1) is 10.2 Å². The second kappa shape index (κ2) is 3.90. The van der Waals surface area contributed by atoms with Gasteiger partial charge in [-0.2, -0.15) is 5.10 Å². The molecule has 0 bridgehead atoms. The summed E-state index contributed by atoms with van der Waals surface area (Å²) in [5, 5.41) is 21.7. The van der Waals surface area contributed by atoms with E-state index in [-0.39, 0.29) is 5.69 Å². The van der Waals surface area contributed by atoms with Crippen LogP contribution in [0.4, 0.5) is 11.5 Å². The second-order valence-electron chi connectivity index (χ2n) is 2.82. The van der Waals surface area contributed by atoms with Crippen molar-refractivity contribution in [2.24, 2.45) is 5.84 Å². The fourth-order valence-corrected chi connectivity index (χ4v) is 1.06. The first-order chi connectivity index (χ1) is 7.70. The number of anilines is 1. The zero-order chi connectivity index (χ0) is 11.5. The van der Waals surface area contributed by atoms with Crippen LogP contribution in [0.5, 0.6) is 0 Å². The molecule has 16 heavy (non-hydrogen) atoms. The molecule has 2 aromatic heterocycles. The van der Waals surface area contributed by atoms with Crippen LogP contribution in [-0.2, 0) is 0 Å². The van der Waals surface area contributed by atoms with Crippen LogP contribution in [0.2, 0.25) is 0 Å². The number of nitro groups is 1. The lowest BCUT2D eigenvalue weighted by Gasteiger charge is -1.99. The second-order valence-corrected chi connectivity index (χ2v) is 2.82. The molecule has 0 unspecified atom stereocenters. The van der Waals surface area contributed by atoms with E-state index < -0.39 is 4.92 Å². The van der Waals surface area contributed by atoms with Gasteiger partial charge in [0.2, 0.25) is 0 Å². The quantitative estimate of drug-likeness (QED) is 0.419. The highest BCUT2D eigenvalue weighted by Gasteiger charge is 2.10. The van der Waals surface area contributed by atoms with Crippen molar-refractivity contribution in [3.63, 3.8) is 0 Å². The van der Waals surface area contributed by atoms with E-state index in [4.69, 9.17) is 5.84 Å². The Labute approximate surface area is 89.0 Å². The zero-order valence-electron chi connectivity index (χ0n) is 7.94. The van der Waals surface area contributed by atoms with Crippen molar-refractivity contribution in [2.75, 3.05) is 5.43 Å². The number of nitrogens with one attached hydrogen (secondary N) is 1. The highest BCUT2D eigenvalue weighted by Crippen LogP contribution is 2.11. The minimum Gasteiger partial charge on any atom is -0.307 e. The predicted octanol–water partition coefficient (Wildman–Crippen LogP) is -0.144. The molecule has 0 radical (unpaired) electrons. The van der Waals surface area contributed by atoms with E-state index in [0.29, 0.717) is 11.6 Å². The van der Waals surface area contributed by atoms with E-state index >= 15 is 0 Å². The number of aromatic nitrogens is 4. The van der Waals surface area contributed by atoms with Crippen molar-refractivity contribution in [1.29, 1.82) is 0 Å². The molecule has 0 atom stereocenters. The molecule has 0 aliphatic rings. The van der Waals surface area contributed by atoms with E-state index in [1.165, 1.54) is 10.9 Å². The highest BCUT2D eigenvalue weighted by molar-refractivity contribution is 5.35. The standard InChI is InChI=1S/C7H7N7O2/c8-10-6-1-2-7(12-11-6)13-4-5(3-9-13)14(15)16/h1-4H,8H2,(H,10,11). The lowest BCUT2D eigenvalue weighted by Crippen LogP contribution is -2.10. The van der Waals surface area contributed by atoms with Crippen LogP contribution in [0, 0.1) is 10.1 Å². The van der Waals surface area contributed by atoms with E-state index in [1.807, 2.05) is 0 Å². The monoisotopic (exact) mass is 221 g/mol. The average Bonchev–Trinajstić information content (AvgIpc) is 2.78. The fraction of sp³-hybridized carbons (Fsp3) is 0. The molecule has 0 saturated heterocycles. The van der Waals surface area contributed by atoms with E-state index in [1.54, 1.807) is 12.1 Å². The Bertz CT molecular complexity index is 506. The predicted molar refractivity (Wildman–Crippen MR) is 53.6 cm³/mol. The largest absolute Gasteiger partial charge is 0.307 e. The van der Waals surface area contributed by atoms with E-state index in [2.05, 4.69) is 20.7 Å². The normalized spacial score (nSPS) is 10.1. The van der Waals surface area contributed by atoms with E-state index in [9.17, 15) is 10.1 Å². The summed E-state index contributed by atoms with van der Waals surface area (Å²) in [5.41, 5.74) is 2.21. The maximum atomic E-state index is 10.4. The van der Waals surface area contributed by atoms with Crippen molar-refractivity contribution in [3.05, 3.63) is 34.6 Å². The van der Waals surface area contributed by atoms with Crippen LogP contribution >= 0.6 is 0 Å². The smallest absolute Gasteiger partial charge is 0.307 e. The minimum absolute atomic E-state index is 0.108. The summed E-state index contributed by atoms with van der Waals surface area (Å²) in [6, 6.07) is 3.16. The molecule has 82 valence electrons. The molecule has 0 aromatic carbocycles. The average molecular weight is 221 g/mol. The third-order valence-corrected chi connectivity index (χ3v) is 1.81. The lowest BCUT2D eigenvalue weighted by atomic mass is 10.5. The minimum atomic E-state index is -0.535. The Hall–Kier alpha value is -2.55. The molecule has 0 saturated carbocycles. The van der Waals surface area contributed by atoms with Crippen molar-refractivity contribution in [3.8, 4) is 5.82 Å². The van der Waals surface area contributed by atoms with Gasteiger partial charge in [0.25, 0.3) is 0 Å². The zero-order valence-corrected chi connectivity index (χ0v) is 7.94. The summed E-state index contributed by atoms with van der Waals surface area (Å²) in [7, 11) is 0. The van der Waals surface area contributed by atoms with Gasteiger partial charge in [0.15, 0.2) is 11.6 Å². The van der Waals surface area contributed by atoms with Crippen LogP contribution in [0.25, 0.3) is 5.82 Å². The molecule has 3 N–H and O–H groups in total. The molecule has 0 spiro atoms. The lowest BCUT2D eigenvalue weighted by molar-refractivity contribution is -0.384. The molecule has 0 aliphatic carbocycles. The molecule has 2 aromatic rings. The third-order valence-electron chi connectivity index (χ3n) is 1.81. The number of hydrogen-bond donors (Lipinski definition) is 2. The summed E-state index contributed by atoms with van der Waals surface area (Å²) in [4.78, 5) is 9.90. The molecule has 0 fully saturated rings. The molecule has 2 heterocycles. The van der Waals surface area contributed by atoms with Gasteiger partial charge < -0.3 is 5.43 Å². The molecule has 0 amide bonds. The molecule has 9 heteroatoms. The molecule has 2 rings (SSSR count). The number of hydrogen-bond acceptors (Lipinski definition) is 7. The van der Waals surface area contributed by atoms with Crippen molar-refractivity contribution in [1.82, 2.24) is 20.0 Å². The van der Waals surface area contributed by atoms with Crippen LogP contribution in [0.3, 0.4) is 0 Å². The maximum Gasteiger partial charge on any atom is 0.307 e. The highest BCUT2D eigenvalue weighted by atomic mass is 16.6. The van der Waals surface area contributed by atoms with Gasteiger partial charge in [-0.1, -0.05) is 0 Å². The Morgan fingerprint density at radius 3 is 2.75 bits per heavy atom. The SMILES string of the molecule is NNc1ccc(-n2cc([N+](=O)[O-])cn2)nn1. The Morgan fingerprint density at radius 1 is 1.44 bits per heavy atom. The number of hydrazine groups is 1. The number of nitrogen functional groups attached to an aromatic ring is 1. The first-order valence-corrected chi connectivity index (χ1v) is 4.20. The molecular formula is C7H7N7O2. The Kier molecular flexibility index (Phi) is 2.44. The van der Waals surface area contributed by atoms with Crippen molar-refractivity contribution >= 4 is 11.5 Å². The fourth-order valence-electron chi connectivity index (χ4n) is 1.06. The summed E-state index contributed by atoms with van der Waals surface area (Å²) >= 11 is 0. The van der Waals surface area contributed by atoms with Gasteiger partial charge in [0, 0.05) is 0 Å². The molecular weight excluding hydrogens is 214 g/mol. The van der Waals surface area contributed by atoms with Gasteiger partial charge in [-0.3, -0.25) is 10.1 Å². The van der Waals surface area contributed by atoms with Crippen LogP contribution in [0.1, 0.15) is 0 Å². The molecule has 9 nitrogen and oxygen atoms in total. The molecule has 0 aliphatic heterocycles. The first-order valence-electron chi connectivity index (χ1n) is 4.20. The number of nitrogens with two attached hydrogens (primary N) is 1. The summed E-state index contributed by atoms with van der Waals surface area (Å²) in [6.07, 6.45) is 2.39. The Balaban J connectivity index is 2.31. The maximum absolute atomic E-state index is 10.4. The van der Waals surface area contributed by atoms with Crippen molar-refractivity contribution < 1.29 is 4.92 Å².